The zero-order valence-corrected chi connectivity index (χ0v) is 18.0. The average molecular weight is 388 g/mol. The Morgan fingerprint density at radius 1 is 1.21 bits per heavy atom. The van der Waals surface area contributed by atoms with Crippen LogP contribution in [0.2, 0.25) is 0 Å². The molecule has 1 atom stereocenters. The lowest BCUT2D eigenvalue weighted by Gasteiger charge is -2.49. The number of piperazine rings is 1. The molecule has 1 amide bonds. The fraction of sp³-hybridized carbons (Fsp3) is 0.818. The summed E-state index contributed by atoms with van der Waals surface area (Å²) in [6.07, 6.45) is 8.61. The van der Waals surface area contributed by atoms with Crippen LogP contribution in [-0.2, 0) is 17.9 Å². The molecule has 3 heterocycles. The summed E-state index contributed by atoms with van der Waals surface area (Å²) in [5.41, 5.74) is 2.80. The van der Waals surface area contributed by atoms with Gasteiger partial charge in [-0.2, -0.15) is 5.10 Å². The molecule has 2 saturated heterocycles. The van der Waals surface area contributed by atoms with Crippen molar-refractivity contribution in [2.45, 2.75) is 71.0 Å². The molecule has 0 aromatic carbocycles. The van der Waals surface area contributed by atoms with Gasteiger partial charge in [-0.1, -0.05) is 6.92 Å². The molecule has 2 aliphatic heterocycles. The van der Waals surface area contributed by atoms with E-state index < -0.39 is 0 Å². The molecule has 1 unspecified atom stereocenters. The highest BCUT2D eigenvalue weighted by Crippen LogP contribution is 2.35. The molecule has 1 aromatic rings. The zero-order chi connectivity index (χ0) is 19.7. The maximum absolute atomic E-state index is 12.7. The minimum absolute atomic E-state index is 0.138. The molecule has 0 N–H and O–H groups in total. The predicted molar refractivity (Wildman–Crippen MR) is 111 cm³/mol. The summed E-state index contributed by atoms with van der Waals surface area (Å²) in [6, 6.07) is 0. The Bertz CT molecular complexity index is 697. The van der Waals surface area contributed by atoms with Crippen molar-refractivity contribution in [1.29, 1.82) is 0 Å². The summed E-state index contributed by atoms with van der Waals surface area (Å²) >= 11 is 0. The molecule has 4 rings (SSSR count). The summed E-state index contributed by atoms with van der Waals surface area (Å²) in [4.78, 5) is 20.0. The van der Waals surface area contributed by atoms with Gasteiger partial charge in [0.1, 0.15) is 0 Å². The van der Waals surface area contributed by atoms with Crippen LogP contribution in [0, 0.1) is 12.8 Å². The number of aromatic nitrogens is 2. The number of likely N-dealkylation sites (N-methyl/N-ethyl adjacent to an activating group) is 1. The fourth-order valence-electron chi connectivity index (χ4n) is 5.03. The predicted octanol–water partition coefficient (Wildman–Crippen LogP) is 2.51. The van der Waals surface area contributed by atoms with Crippen molar-refractivity contribution < 1.29 is 4.79 Å². The van der Waals surface area contributed by atoms with Gasteiger partial charge in [0.2, 0.25) is 5.91 Å². The lowest BCUT2D eigenvalue weighted by Crippen LogP contribution is -2.60. The molecule has 3 aliphatic rings. The van der Waals surface area contributed by atoms with Gasteiger partial charge < -0.3 is 4.90 Å². The number of aryl methyl sites for hydroxylation is 1. The van der Waals surface area contributed by atoms with E-state index in [2.05, 4.69) is 51.6 Å². The molecular formula is C22H37N5O. The van der Waals surface area contributed by atoms with E-state index in [4.69, 9.17) is 0 Å². The van der Waals surface area contributed by atoms with E-state index in [1.807, 2.05) is 0 Å². The second kappa shape index (κ2) is 8.15. The summed E-state index contributed by atoms with van der Waals surface area (Å²) in [7, 11) is 2.27. The molecule has 0 radical (unpaired) electrons. The van der Waals surface area contributed by atoms with Crippen LogP contribution < -0.4 is 0 Å². The minimum atomic E-state index is 0.138. The van der Waals surface area contributed by atoms with Gasteiger partial charge in [-0.3, -0.25) is 19.3 Å². The maximum Gasteiger partial charge on any atom is 0.222 e. The van der Waals surface area contributed by atoms with Gasteiger partial charge in [-0.15, -0.1) is 0 Å². The van der Waals surface area contributed by atoms with Gasteiger partial charge in [-0.25, -0.2) is 0 Å². The first kappa shape index (κ1) is 19.9. The summed E-state index contributed by atoms with van der Waals surface area (Å²) < 4.78 is 2.14. The number of hydrogen-bond donors (Lipinski definition) is 0. The summed E-state index contributed by atoms with van der Waals surface area (Å²) in [5.74, 6) is 1.16. The highest BCUT2D eigenvalue weighted by molar-refractivity contribution is 5.76. The van der Waals surface area contributed by atoms with Gasteiger partial charge in [0.05, 0.1) is 6.20 Å². The first-order chi connectivity index (χ1) is 13.5. The van der Waals surface area contributed by atoms with Crippen LogP contribution in [0.4, 0.5) is 0 Å². The molecule has 1 saturated carbocycles. The largest absolute Gasteiger partial charge is 0.342 e. The highest BCUT2D eigenvalue weighted by atomic mass is 16.2. The second-order valence-electron chi connectivity index (χ2n) is 9.37. The molecule has 1 aliphatic carbocycles. The topological polar surface area (TPSA) is 44.6 Å². The van der Waals surface area contributed by atoms with Crippen molar-refractivity contribution in [2.24, 2.45) is 5.92 Å². The molecule has 28 heavy (non-hydrogen) atoms. The van der Waals surface area contributed by atoms with Crippen LogP contribution in [0.25, 0.3) is 0 Å². The normalized spacial score (nSPS) is 27.5. The standard InChI is InChI=1S/C22H37N5O/c1-4-10-27-18(2)20(14-23-27)16-25-13-12-24(3)22(17-25)8-7-21(28)26(11-9-22)15-19-5-6-19/h14,19H,4-13,15-17H2,1-3H3. The maximum atomic E-state index is 12.7. The van der Waals surface area contributed by atoms with E-state index in [-0.39, 0.29) is 5.54 Å². The van der Waals surface area contributed by atoms with Gasteiger partial charge in [0.25, 0.3) is 0 Å². The molecule has 156 valence electrons. The van der Waals surface area contributed by atoms with Crippen LogP contribution in [0.3, 0.4) is 0 Å². The van der Waals surface area contributed by atoms with Crippen molar-refractivity contribution in [3.63, 3.8) is 0 Å². The van der Waals surface area contributed by atoms with Crippen LogP contribution in [0.1, 0.15) is 56.7 Å². The highest BCUT2D eigenvalue weighted by Gasteiger charge is 2.42. The molecule has 6 nitrogen and oxygen atoms in total. The Morgan fingerprint density at radius 2 is 2.04 bits per heavy atom. The molecule has 0 bridgehead atoms. The lowest BCUT2D eigenvalue weighted by molar-refractivity contribution is -0.131. The van der Waals surface area contributed by atoms with E-state index in [0.29, 0.717) is 12.3 Å². The summed E-state index contributed by atoms with van der Waals surface area (Å²) in [6.45, 7) is 11.5. The number of carbonyl (C=O) groups excluding carboxylic acids is 1. The third kappa shape index (κ3) is 4.13. The Hall–Kier alpha value is -1.40. The van der Waals surface area contributed by atoms with E-state index in [1.165, 1.54) is 24.1 Å². The number of carbonyl (C=O) groups is 1. The van der Waals surface area contributed by atoms with Crippen LogP contribution in [-0.4, -0.2) is 75.7 Å². The van der Waals surface area contributed by atoms with E-state index in [1.54, 1.807) is 0 Å². The Morgan fingerprint density at radius 3 is 2.79 bits per heavy atom. The SMILES string of the molecule is CCCn1ncc(CN2CCN(C)C3(CCC(=O)N(CC4CC4)CC3)C2)c1C. The fourth-order valence-corrected chi connectivity index (χ4v) is 5.03. The minimum Gasteiger partial charge on any atom is -0.342 e. The van der Waals surface area contributed by atoms with Crippen LogP contribution in [0.15, 0.2) is 6.20 Å². The van der Waals surface area contributed by atoms with Gasteiger partial charge in [-0.05, 0) is 52.0 Å². The van der Waals surface area contributed by atoms with E-state index >= 15 is 0 Å². The smallest absolute Gasteiger partial charge is 0.222 e. The first-order valence-corrected chi connectivity index (χ1v) is 11.2. The quantitative estimate of drug-likeness (QED) is 0.752. The van der Waals surface area contributed by atoms with Crippen LogP contribution in [0.5, 0.6) is 0 Å². The zero-order valence-electron chi connectivity index (χ0n) is 18.0. The third-order valence-electron chi connectivity index (χ3n) is 7.29. The molecule has 1 spiro atoms. The third-order valence-corrected chi connectivity index (χ3v) is 7.29. The second-order valence-corrected chi connectivity index (χ2v) is 9.37. The molecule has 6 heteroatoms. The number of hydrogen-bond acceptors (Lipinski definition) is 4. The molecule has 3 fully saturated rings. The van der Waals surface area contributed by atoms with Gasteiger partial charge in [0.15, 0.2) is 0 Å². The van der Waals surface area contributed by atoms with Gasteiger partial charge in [0, 0.05) is 69.0 Å². The number of amides is 1. The number of likely N-dealkylation sites (tertiary alicyclic amines) is 1. The first-order valence-electron chi connectivity index (χ1n) is 11.2. The van der Waals surface area contributed by atoms with Crippen LogP contribution >= 0.6 is 0 Å². The van der Waals surface area contributed by atoms with Crippen molar-refractivity contribution in [3.05, 3.63) is 17.5 Å². The van der Waals surface area contributed by atoms with Gasteiger partial charge >= 0.3 is 0 Å². The monoisotopic (exact) mass is 387 g/mol. The van der Waals surface area contributed by atoms with Crippen molar-refractivity contribution in [3.8, 4) is 0 Å². The Kier molecular flexibility index (Phi) is 5.79. The summed E-state index contributed by atoms with van der Waals surface area (Å²) in [5, 5.41) is 4.59. The molecular weight excluding hydrogens is 350 g/mol. The average Bonchev–Trinajstić information content (AvgIpc) is 3.46. The van der Waals surface area contributed by atoms with Crippen molar-refractivity contribution in [2.75, 3.05) is 39.8 Å². The number of rotatable bonds is 6. The lowest BCUT2D eigenvalue weighted by atomic mass is 9.86. The van der Waals surface area contributed by atoms with Crippen molar-refractivity contribution in [1.82, 2.24) is 24.5 Å². The molecule has 1 aromatic heterocycles. The Balaban J connectivity index is 1.43. The number of nitrogens with zero attached hydrogens (tertiary/aromatic N) is 5. The van der Waals surface area contributed by atoms with E-state index in [0.717, 1.165) is 71.0 Å². The van der Waals surface area contributed by atoms with Crippen molar-refractivity contribution >= 4 is 5.91 Å². The van der Waals surface area contributed by atoms with E-state index in [9.17, 15) is 4.79 Å². The Labute approximate surface area is 169 Å².